The van der Waals surface area contributed by atoms with Crippen molar-refractivity contribution in [1.29, 1.82) is 0 Å². The van der Waals surface area contributed by atoms with Crippen LogP contribution in [0.5, 0.6) is 0 Å². The zero-order chi connectivity index (χ0) is 12.6. The SMILES string of the molecule is CCCCCOCC(C)(NC(C)C)C(N)=O. The van der Waals surface area contributed by atoms with Crippen LogP contribution in [0.15, 0.2) is 0 Å². The summed E-state index contributed by atoms with van der Waals surface area (Å²) in [6.07, 6.45) is 3.36. The second kappa shape index (κ2) is 7.63. The molecule has 4 nitrogen and oxygen atoms in total. The third-order valence-corrected chi connectivity index (χ3v) is 2.43. The Bertz CT molecular complexity index is 207. The minimum absolute atomic E-state index is 0.205. The molecule has 0 aromatic rings. The van der Waals surface area contributed by atoms with Gasteiger partial charge in [-0.2, -0.15) is 0 Å². The topological polar surface area (TPSA) is 64.3 Å². The maximum Gasteiger partial charge on any atom is 0.239 e. The molecule has 0 aliphatic heterocycles. The molecule has 0 aromatic heterocycles. The van der Waals surface area contributed by atoms with E-state index in [2.05, 4.69) is 12.2 Å². The molecule has 1 unspecified atom stereocenters. The number of rotatable bonds is 9. The van der Waals surface area contributed by atoms with E-state index in [4.69, 9.17) is 10.5 Å². The Labute approximate surface area is 98.9 Å². The van der Waals surface area contributed by atoms with Crippen LogP contribution in [-0.4, -0.2) is 30.7 Å². The quantitative estimate of drug-likeness (QED) is 0.589. The predicted molar refractivity (Wildman–Crippen MR) is 66.2 cm³/mol. The molecule has 4 heteroatoms. The summed E-state index contributed by atoms with van der Waals surface area (Å²) in [7, 11) is 0. The van der Waals surface area contributed by atoms with E-state index >= 15 is 0 Å². The van der Waals surface area contributed by atoms with Gasteiger partial charge in [0.1, 0.15) is 5.54 Å². The van der Waals surface area contributed by atoms with Crippen LogP contribution in [-0.2, 0) is 9.53 Å². The number of amides is 1. The van der Waals surface area contributed by atoms with E-state index in [1.54, 1.807) is 6.92 Å². The van der Waals surface area contributed by atoms with E-state index in [9.17, 15) is 4.79 Å². The minimum Gasteiger partial charge on any atom is -0.379 e. The fraction of sp³-hybridized carbons (Fsp3) is 0.917. The van der Waals surface area contributed by atoms with Crippen molar-refractivity contribution >= 4 is 5.91 Å². The molecule has 0 bridgehead atoms. The van der Waals surface area contributed by atoms with Crippen LogP contribution >= 0.6 is 0 Å². The molecule has 0 aliphatic carbocycles. The zero-order valence-corrected chi connectivity index (χ0v) is 11.0. The summed E-state index contributed by atoms with van der Waals surface area (Å²) in [6.45, 7) is 8.93. The standard InChI is InChI=1S/C12H26N2O2/c1-5-6-7-8-16-9-12(4,11(13)15)14-10(2)3/h10,14H,5-9H2,1-4H3,(H2,13,15). The van der Waals surface area contributed by atoms with Gasteiger partial charge in [-0.25, -0.2) is 0 Å². The van der Waals surface area contributed by atoms with Gasteiger partial charge in [-0.05, 0) is 27.2 Å². The van der Waals surface area contributed by atoms with Crippen molar-refractivity contribution in [2.75, 3.05) is 13.2 Å². The summed E-state index contributed by atoms with van der Waals surface area (Å²) in [5.74, 6) is -0.364. The van der Waals surface area contributed by atoms with Gasteiger partial charge in [0.15, 0.2) is 0 Å². The molecule has 1 atom stereocenters. The van der Waals surface area contributed by atoms with Gasteiger partial charge in [-0.1, -0.05) is 19.8 Å². The highest BCUT2D eigenvalue weighted by molar-refractivity contribution is 5.84. The largest absolute Gasteiger partial charge is 0.379 e. The summed E-state index contributed by atoms with van der Waals surface area (Å²) in [5, 5.41) is 3.15. The Morgan fingerprint density at radius 1 is 1.44 bits per heavy atom. The molecule has 96 valence electrons. The molecule has 16 heavy (non-hydrogen) atoms. The van der Waals surface area contributed by atoms with Crippen molar-refractivity contribution in [3.8, 4) is 0 Å². The molecule has 0 saturated carbocycles. The Morgan fingerprint density at radius 3 is 2.50 bits per heavy atom. The smallest absolute Gasteiger partial charge is 0.239 e. The van der Waals surface area contributed by atoms with E-state index in [1.807, 2.05) is 13.8 Å². The maximum atomic E-state index is 11.4. The van der Waals surface area contributed by atoms with Crippen LogP contribution in [0.2, 0.25) is 0 Å². The maximum absolute atomic E-state index is 11.4. The zero-order valence-electron chi connectivity index (χ0n) is 11.0. The number of primary amides is 1. The first-order chi connectivity index (χ1) is 7.42. The highest BCUT2D eigenvalue weighted by Gasteiger charge is 2.31. The van der Waals surface area contributed by atoms with Crippen molar-refractivity contribution in [2.45, 2.75) is 58.5 Å². The lowest BCUT2D eigenvalue weighted by Crippen LogP contribution is -2.58. The molecule has 0 aliphatic rings. The lowest BCUT2D eigenvalue weighted by atomic mass is 10.0. The van der Waals surface area contributed by atoms with Crippen LogP contribution in [0.25, 0.3) is 0 Å². The Morgan fingerprint density at radius 2 is 2.06 bits per heavy atom. The molecule has 3 N–H and O–H groups in total. The van der Waals surface area contributed by atoms with Crippen molar-refractivity contribution in [1.82, 2.24) is 5.32 Å². The fourth-order valence-corrected chi connectivity index (χ4v) is 1.55. The lowest BCUT2D eigenvalue weighted by molar-refractivity contribution is -0.126. The molecule has 0 heterocycles. The van der Waals surface area contributed by atoms with Crippen LogP contribution in [0.4, 0.5) is 0 Å². The number of ether oxygens (including phenoxy) is 1. The number of nitrogens with one attached hydrogen (secondary N) is 1. The molecule has 0 fully saturated rings. The summed E-state index contributed by atoms with van der Waals surface area (Å²) < 4.78 is 5.50. The average Bonchev–Trinajstić information content (AvgIpc) is 2.16. The van der Waals surface area contributed by atoms with Gasteiger partial charge < -0.3 is 10.5 Å². The van der Waals surface area contributed by atoms with Crippen molar-refractivity contribution in [2.24, 2.45) is 5.73 Å². The van der Waals surface area contributed by atoms with Gasteiger partial charge in [0.05, 0.1) is 6.61 Å². The van der Waals surface area contributed by atoms with Crippen LogP contribution < -0.4 is 11.1 Å². The van der Waals surface area contributed by atoms with Gasteiger partial charge in [0, 0.05) is 12.6 Å². The molecule has 0 spiro atoms. The lowest BCUT2D eigenvalue weighted by Gasteiger charge is -2.29. The van der Waals surface area contributed by atoms with Crippen molar-refractivity contribution in [3.63, 3.8) is 0 Å². The molecule has 0 aromatic carbocycles. The van der Waals surface area contributed by atoms with E-state index in [-0.39, 0.29) is 11.9 Å². The summed E-state index contributed by atoms with van der Waals surface area (Å²) in [4.78, 5) is 11.4. The van der Waals surface area contributed by atoms with E-state index in [0.29, 0.717) is 13.2 Å². The fourth-order valence-electron chi connectivity index (χ4n) is 1.55. The van der Waals surface area contributed by atoms with E-state index in [1.165, 1.54) is 6.42 Å². The molecule has 0 rings (SSSR count). The van der Waals surface area contributed by atoms with E-state index in [0.717, 1.165) is 12.8 Å². The third-order valence-electron chi connectivity index (χ3n) is 2.43. The minimum atomic E-state index is -0.764. The van der Waals surface area contributed by atoms with Crippen LogP contribution in [0.3, 0.4) is 0 Å². The number of hydrogen-bond donors (Lipinski definition) is 2. The number of carbonyl (C=O) groups is 1. The van der Waals surface area contributed by atoms with Gasteiger partial charge in [-0.15, -0.1) is 0 Å². The van der Waals surface area contributed by atoms with Gasteiger partial charge in [-0.3, -0.25) is 10.1 Å². The molecule has 0 radical (unpaired) electrons. The van der Waals surface area contributed by atoms with Crippen LogP contribution in [0.1, 0.15) is 47.0 Å². The number of unbranched alkanes of at least 4 members (excludes halogenated alkanes) is 2. The summed E-state index contributed by atoms with van der Waals surface area (Å²) in [6, 6.07) is 0.205. The van der Waals surface area contributed by atoms with Crippen molar-refractivity contribution < 1.29 is 9.53 Å². The number of nitrogens with two attached hydrogens (primary N) is 1. The highest BCUT2D eigenvalue weighted by Crippen LogP contribution is 2.06. The third kappa shape index (κ3) is 6.08. The Balaban J connectivity index is 3.98. The molecular weight excluding hydrogens is 204 g/mol. The number of carbonyl (C=O) groups excluding carboxylic acids is 1. The first-order valence-electron chi connectivity index (χ1n) is 6.07. The highest BCUT2D eigenvalue weighted by atomic mass is 16.5. The van der Waals surface area contributed by atoms with E-state index < -0.39 is 5.54 Å². The predicted octanol–water partition coefficient (Wildman–Crippen LogP) is 1.44. The van der Waals surface area contributed by atoms with Gasteiger partial charge in [0.25, 0.3) is 0 Å². The monoisotopic (exact) mass is 230 g/mol. The Kier molecular flexibility index (Phi) is 7.34. The van der Waals surface area contributed by atoms with Crippen molar-refractivity contribution in [3.05, 3.63) is 0 Å². The molecular formula is C12H26N2O2. The average molecular weight is 230 g/mol. The number of hydrogen-bond acceptors (Lipinski definition) is 3. The normalized spacial score (nSPS) is 15.1. The van der Waals surface area contributed by atoms with Crippen LogP contribution in [0, 0.1) is 0 Å². The van der Waals surface area contributed by atoms with Gasteiger partial charge in [0.2, 0.25) is 5.91 Å². The first-order valence-corrected chi connectivity index (χ1v) is 6.07. The van der Waals surface area contributed by atoms with Gasteiger partial charge >= 0.3 is 0 Å². The summed E-state index contributed by atoms with van der Waals surface area (Å²) >= 11 is 0. The summed E-state index contributed by atoms with van der Waals surface area (Å²) in [5.41, 5.74) is 4.62. The Hall–Kier alpha value is -0.610. The second-order valence-corrected chi connectivity index (χ2v) is 4.76. The molecule has 0 saturated heterocycles. The first kappa shape index (κ1) is 15.4. The second-order valence-electron chi connectivity index (χ2n) is 4.76. The molecule has 1 amide bonds.